The molecular weight excluding hydrogens is 252 g/mol. The first-order valence-electron chi connectivity index (χ1n) is 7.60. The van der Waals surface area contributed by atoms with Gasteiger partial charge < -0.3 is 27.0 Å². The predicted octanol–water partition coefficient (Wildman–Crippen LogP) is -0.259. The molecule has 0 aromatic carbocycles. The minimum atomic E-state index is -0.699. The third-order valence-corrected chi connectivity index (χ3v) is 4.86. The van der Waals surface area contributed by atoms with E-state index in [1.54, 1.807) is 0 Å². The van der Waals surface area contributed by atoms with E-state index in [-0.39, 0.29) is 5.92 Å². The molecule has 3 heterocycles. The number of fused-ring (bicyclic) bond motifs is 1. The highest BCUT2D eigenvalue weighted by Gasteiger charge is 2.36. The molecule has 0 saturated carbocycles. The molecule has 0 amide bonds. The summed E-state index contributed by atoms with van der Waals surface area (Å²) in [6.07, 6.45) is 4.48. The fourth-order valence-electron chi connectivity index (χ4n) is 3.39. The summed E-state index contributed by atoms with van der Waals surface area (Å²) in [5.74, 6) is 2.39. The molecule has 0 aromatic rings. The zero-order chi connectivity index (χ0) is 14.3. The molecule has 3 unspecified atom stereocenters. The van der Waals surface area contributed by atoms with Crippen LogP contribution < -0.4 is 22.1 Å². The lowest BCUT2D eigenvalue weighted by Crippen LogP contribution is -2.54. The van der Waals surface area contributed by atoms with E-state index < -0.39 is 5.66 Å². The maximum Gasteiger partial charge on any atom is 0.196 e. The quantitative estimate of drug-likeness (QED) is 0.559. The first-order valence-corrected chi connectivity index (χ1v) is 7.60. The third kappa shape index (κ3) is 2.38. The maximum atomic E-state index is 6.37. The maximum absolute atomic E-state index is 6.37. The SMILES string of the molecule is CC(C)C1(N)C=C(N2CCC3NCCC3C2)NC(N)=N1. The molecule has 3 rings (SSSR count). The lowest BCUT2D eigenvalue weighted by molar-refractivity contribution is 0.191. The number of hydrogen-bond acceptors (Lipinski definition) is 6. The van der Waals surface area contributed by atoms with Crippen molar-refractivity contribution < 1.29 is 0 Å². The van der Waals surface area contributed by atoms with Crippen LogP contribution in [-0.2, 0) is 0 Å². The summed E-state index contributed by atoms with van der Waals surface area (Å²) >= 11 is 0. The van der Waals surface area contributed by atoms with Gasteiger partial charge in [0, 0.05) is 19.1 Å². The van der Waals surface area contributed by atoms with Gasteiger partial charge >= 0.3 is 0 Å². The molecule has 0 radical (unpaired) electrons. The highest BCUT2D eigenvalue weighted by molar-refractivity contribution is 5.81. The van der Waals surface area contributed by atoms with Crippen LogP contribution in [0.15, 0.2) is 16.9 Å². The summed E-state index contributed by atoms with van der Waals surface area (Å²) in [7, 11) is 0. The van der Waals surface area contributed by atoms with Gasteiger partial charge in [0.2, 0.25) is 0 Å². The molecule has 112 valence electrons. The number of hydrogen-bond donors (Lipinski definition) is 4. The van der Waals surface area contributed by atoms with Gasteiger partial charge in [-0.25, -0.2) is 4.99 Å². The van der Waals surface area contributed by atoms with Gasteiger partial charge in [-0.1, -0.05) is 13.8 Å². The van der Waals surface area contributed by atoms with Crippen molar-refractivity contribution in [2.45, 2.75) is 38.4 Å². The van der Waals surface area contributed by atoms with Gasteiger partial charge in [0.25, 0.3) is 0 Å². The zero-order valence-electron chi connectivity index (χ0n) is 12.4. The Morgan fingerprint density at radius 3 is 3.00 bits per heavy atom. The van der Waals surface area contributed by atoms with Gasteiger partial charge in [-0.2, -0.15) is 0 Å². The molecular formula is C14H26N6. The fraction of sp³-hybridized carbons (Fsp3) is 0.786. The van der Waals surface area contributed by atoms with Crippen LogP contribution in [0.2, 0.25) is 0 Å². The van der Waals surface area contributed by atoms with Gasteiger partial charge in [-0.3, -0.25) is 0 Å². The van der Waals surface area contributed by atoms with Crippen LogP contribution in [0.25, 0.3) is 0 Å². The van der Waals surface area contributed by atoms with Crippen molar-refractivity contribution in [3.8, 4) is 0 Å². The Morgan fingerprint density at radius 1 is 1.45 bits per heavy atom. The van der Waals surface area contributed by atoms with Crippen molar-refractivity contribution >= 4 is 5.96 Å². The van der Waals surface area contributed by atoms with Crippen LogP contribution >= 0.6 is 0 Å². The number of likely N-dealkylation sites (tertiary alicyclic amines) is 1. The van der Waals surface area contributed by atoms with E-state index in [2.05, 4.69) is 34.4 Å². The topological polar surface area (TPSA) is 91.7 Å². The number of nitrogens with one attached hydrogen (secondary N) is 2. The van der Waals surface area contributed by atoms with Gasteiger partial charge in [-0.05, 0) is 37.3 Å². The number of piperidine rings is 1. The van der Waals surface area contributed by atoms with Crippen LogP contribution in [-0.4, -0.2) is 42.2 Å². The van der Waals surface area contributed by atoms with E-state index in [4.69, 9.17) is 11.5 Å². The molecule has 2 saturated heterocycles. The Balaban J connectivity index is 1.78. The lowest BCUT2D eigenvalue weighted by Gasteiger charge is -2.41. The number of guanidine groups is 1. The van der Waals surface area contributed by atoms with E-state index in [0.717, 1.165) is 31.4 Å². The summed E-state index contributed by atoms with van der Waals surface area (Å²) in [5, 5.41) is 6.78. The molecule has 3 aliphatic rings. The standard InChI is InChI=1S/C14H26N6/c1-9(2)14(16)7-12(18-13(15)19-14)20-6-4-11-10(8-20)3-5-17-11/h7,9-11,17H,3-6,8,16H2,1-2H3,(H3,15,18,19). The largest absolute Gasteiger partial charge is 0.370 e. The average Bonchev–Trinajstić information content (AvgIpc) is 2.84. The molecule has 6 nitrogen and oxygen atoms in total. The molecule has 6 heteroatoms. The van der Waals surface area contributed by atoms with Crippen molar-refractivity contribution in [1.29, 1.82) is 0 Å². The van der Waals surface area contributed by atoms with Crippen LogP contribution in [0.5, 0.6) is 0 Å². The fourth-order valence-corrected chi connectivity index (χ4v) is 3.39. The number of rotatable bonds is 2. The van der Waals surface area contributed by atoms with Crippen LogP contribution in [0.4, 0.5) is 0 Å². The summed E-state index contributed by atoms with van der Waals surface area (Å²) < 4.78 is 0. The number of aliphatic imine (C=N–C) groups is 1. The van der Waals surface area contributed by atoms with Gasteiger partial charge in [0.15, 0.2) is 5.96 Å². The van der Waals surface area contributed by atoms with Crippen molar-refractivity contribution in [2.75, 3.05) is 19.6 Å². The monoisotopic (exact) mass is 278 g/mol. The van der Waals surface area contributed by atoms with Crippen molar-refractivity contribution in [1.82, 2.24) is 15.5 Å². The molecule has 0 aliphatic carbocycles. The molecule has 2 fully saturated rings. The first kappa shape index (κ1) is 13.7. The van der Waals surface area contributed by atoms with Crippen LogP contribution in [0.1, 0.15) is 26.7 Å². The smallest absolute Gasteiger partial charge is 0.196 e. The Hall–Kier alpha value is -1.27. The molecule has 3 atom stereocenters. The molecule has 6 N–H and O–H groups in total. The Labute approximate surface area is 120 Å². The second kappa shape index (κ2) is 4.93. The lowest BCUT2D eigenvalue weighted by atomic mass is 9.92. The molecule has 0 bridgehead atoms. The highest BCUT2D eigenvalue weighted by atomic mass is 15.3. The highest BCUT2D eigenvalue weighted by Crippen LogP contribution is 2.28. The average molecular weight is 278 g/mol. The van der Waals surface area contributed by atoms with Crippen LogP contribution in [0.3, 0.4) is 0 Å². The summed E-state index contributed by atoms with van der Waals surface area (Å²) in [4.78, 5) is 6.75. The number of nitrogens with two attached hydrogens (primary N) is 2. The van der Waals surface area contributed by atoms with Crippen molar-refractivity contribution in [2.24, 2.45) is 28.3 Å². The predicted molar refractivity (Wildman–Crippen MR) is 80.7 cm³/mol. The van der Waals surface area contributed by atoms with Gasteiger partial charge in [0.1, 0.15) is 11.5 Å². The summed E-state index contributed by atoms with van der Waals surface area (Å²) in [6.45, 7) is 7.39. The third-order valence-electron chi connectivity index (χ3n) is 4.86. The van der Waals surface area contributed by atoms with Crippen LogP contribution in [0, 0.1) is 11.8 Å². The Bertz CT molecular complexity index is 443. The van der Waals surface area contributed by atoms with Gasteiger partial charge in [-0.15, -0.1) is 0 Å². The number of nitrogens with zero attached hydrogens (tertiary/aromatic N) is 2. The Morgan fingerprint density at radius 2 is 2.25 bits per heavy atom. The molecule has 0 aromatic heterocycles. The molecule has 20 heavy (non-hydrogen) atoms. The minimum Gasteiger partial charge on any atom is -0.370 e. The minimum absolute atomic E-state index is 0.212. The molecule has 3 aliphatic heterocycles. The summed E-state index contributed by atoms with van der Waals surface area (Å²) in [6, 6.07) is 0.689. The summed E-state index contributed by atoms with van der Waals surface area (Å²) in [5.41, 5.74) is 11.6. The first-order chi connectivity index (χ1) is 9.48. The Kier molecular flexibility index (Phi) is 3.38. The van der Waals surface area contributed by atoms with E-state index in [9.17, 15) is 0 Å². The zero-order valence-corrected chi connectivity index (χ0v) is 12.4. The van der Waals surface area contributed by atoms with Crippen molar-refractivity contribution in [3.63, 3.8) is 0 Å². The van der Waals surface area contributed by atoms with E-state index >= 15 is 0 Å². The van der Waals surface area contributed by atoms with Gasteiger partial charge in [0.05, 0.1) is 0 Å². The van der Waals surface area contributed by atoms with E-state index in [1.165, 1.54) is 12.8 Å². The second-order valence-electron chi connectivity index (χ2n) is 6.54. The normalized spacial score (nSPS) is 37.3. The van der Waals surface area contributed by atoms with E-state index in [0.29, 0.717) is 12.0 Å². The van der Waals surface area contributed by atoms with Crippen molar-refractivity contribution in [3.05, 3.63) is 11.9 Å². The van der Waals surface area contributed by atoms with E-state index in [1.807, 2.05) is 6.08 Å². The molecule has 0 spiro atoms. The second-order valence-corrected chi connectivity index (χ2v) is 6.54.